The number of nitrogens with zero attached hydrogens (tertiary/aromatic N) is 3. The van der Waals surface area contributed by atoms with E-state index in [9.17, 15) is 0 Å². The van der Waals surface area contributed by atoms with E-state index in [4.69, 9.17) is 5.11 Å². The van der Waals surface area contributed by atoms with E-state index in [1.807, 2.05) is 10.9 Å². The first kappa shape index (κ1) is 14.0. The fraction of sp³-hybridized carbons (Fsp3) is 0.800. The summed E-state index contributed by atoms with van der Waals surface area (Å²) >= 11 is 0. The average molecular weight is 278 g/mol. The highest BCUT2D eigenvalue weighted by Crippen LogP contribution is 2.31. The molecule has 0 radical (unpaired) electrons. The summed E-state index contributed by atoms with van der Waals surface area (Å²) in [5, 5.41) is 17.4. The lowest BCUT2D eigenvalue weighted by atomic mass is 9.92. The Kier molecular flexibility index (Phi) is 4.10. The Bertz CT molecular complexity index is 449. The number of aromatic nitrogens is 2. The van der Waals surface area contributed by atoms with Gasteiger partial charge in [-0.1, -0.05) is 0 Å². The fourth-order valence-electron chi connectivity index (χ4n) is 3.68. The third-order valence-electron chi connectivity index (χ3n) is 4.90. The molecule has 0 saturated carbocycles. The van der Waals surface area contributed by atoms with Gasteiger partial charge in [0.1, 0.15) is 0 Å². The molecule has 1 aliphatic carbocycles. The topological polar surface area (TPSA) is 53.3 Å². The van der Waals surface area contributed by atoms with Crippen molar-refractivity contribution >= 4 is 0 Å². The second-order valence-electron chi connectivity index (χ2n) is 6.33. The standard InChI is InChI=1S/C15H26N4O/c1-11-8-12(10-18(11)2)17-14-4-3-5-15-13(14)9-16-19(15)6-7-20/h9,11-12,14,17,20H,3-8,10H2,1-2H3. The summed E-state index contributed by atoms with van der Waals surface area (Å²) in [7, 11) is 2.21. The van der Waals surface area contributed by atoms with E-state index in [2.05, 4.69) is 29.3 Å². The van der Waals surface area contributed by atoms with E-state index in [0.717, 1.165) is 13.0 Å². The third-order valence-corrected chi connectivity index (χ3v) is 4.90. The Labute approximate surface area is 121 Å². The van der Waals surface area contributed by atoms with Gasteiger partial charge in [-0.05, 0) is 39.7 Å². The zero-order valence-electron chi connectivity index (χ0n) is 12.5. The highest BCUT2D eigenvalue weighted by atomic mass is 16.3. The molecule has 1 saturated heterocycles. The van der Waals surface area contributed by atoms with E-state index in [0.29, 0.717) is 24.7 Å². The zero-order valence-corrected chi connectivity index (χ0v) is 12.5. The molecule has 3 unspecified atom stereocenters. The van der Waals surface area contributed by atoms with Gasteiger partial charge in [-0.15, -0.1) is 0 Å². The third kappa shape index (κ3) is 2.62. The summed E-state index contributed by atoms with van der Waals surface area (Å²) < 4.78 is 1.98. The summed E-state index contributed by atoms with van der Waals surface area (Å²) in [6.07, 6.45) is 6.73. The molecule has 112 valence electrons. The summed E-state index contributed by atoms with van der Waals surface area (Å²) in [5.41, 5.74) is 2.68. The van der Waals surface area contributed by atoms with Gasteiger partial charge in [0.05, 0.1) is 19.3 Å². The molecule has 20 heavy (non-hydrogen) atoms. The quantitative estimate of drug-likeness (QED) is 0.860. The molecule has 0 spiro atoms. The monoisotopic (exact) mass is 278 g/mol. The predicted octanol–water partition coefficient (Wildman–Crippen LogP) is 0.935. The second kappa shape index (κ2) is 5.84. The van der Waals surface area contributed by atoms with Crippen LogP contribution < -0.4 is 5.32 Å². The predicted molar refractivity (Wildman–Crippen MR) is 78.6 cm³/mol. The number of hydrogen-bond acceptors (Lipinski definition) is 4. The number of likely N-dealkylation sites (tertiary alicyclic amines) is 1. The van der Waals surface area contributed by atoms with Crippen LogP contribution in [0.1, 0.15) is 43.5 Å². The molecule has 5 heteroatoms. The van der Waals surface area contributed by atoms with Crippen LogP contribution >= 0.6 is 0 Å². The summed E-state index contributed by atoms with van der Waals surface area (Å²) in [6, 6.07) is 1.70. The summed E-state index contributed by atoms with van der Waals surface area (Å²) in [4.78, 5) is 2.43. The SMILES string of the molecule is CC1CC(NC2CCCc3c2cnn3CCO)CN1C. The van der Waals surface area contributed by atoms with Gasteiger partial charge < -0.3 is 15.3 Å². The van der Waals surface area contributed by atoms with Crippen LogP contribution in [0.3, 0.4) is 0 Å². The van der Waals surface area contributed by atoms with Crippen molar-refractivity contribution in [3.05, 3.63) is 17.5 Å². The van der Waals surface area contributed by atoms with Crippen molar-refractivity contribution in [3.63, 3.8) is 0 Å². The van der Waals surface area contributed by atoms with Gasteiger partial charge in [0, 0.05) is 35.9 Å². The van der Waals surface area contributed by atoms with E-state index in [-0.39, 0.29) is 6.61 Å². The molecule has 3 atom stereocenters. The summed E-state index contributed by atoms with van der Waals surface area (Å²) in [6.45, 7) is 4.22. The molecule has 0 bridgehead atoms. The molecule has 0 amide bonds. The van der Waals surface area contributed by atoms with Crippen LogP contribution in [0.25, 0.3) is 0 Å². The van der Waals surface area contributed by atoms with Crippen LogP contribution in [0.15, 0.2) is 6.20 Å². The molecule has 2 N–H and O–H groups in total. The molecule has 3 rings (SSSR count). The number of hydrogen-bond donors (Lipinski definition) is 2. The average Bonchev–Trinajstić information content (AvgIpc) is 2.96. The van der Waals surface area contributed by atoms with Crippen molar-refractivity contribution in [1.82, 2.24) is 20.0 Å². The second-order valence-corrected chi connectivity index (χ2v) is 6.33. The number of aliphatic hydroxyl groups excluding tert-OH is 1. The number of fused-ring (bicyclic) bond motifs is 1. The van der Waals surface area contributed by atoms with Crippen molar-refractivity contribution in [2.75, 3.05) is 20.2 Å². The molecular weight excluding hydrogens is 252 g/mol. The summed E-state index contributed by atoms with van der Waals surface area (Å²) in [5.74, 6) is 0. The molecule has 1 fully saturated rings. The number of aliphatic hydroxyl groups is 1. The lowest BCUT2D eigenvalue weighted by Gasteiger charge is -2.27. The number of nitrogens with one attached hydrogen (secondary N) is 1. The Morgan fingerprint density at radius 2 is 2.35 bits per heavy atom. The Balaban J connectivity index is 1.71. The van der Waals surface area contributed by atoms with E-state index >= 15 is 0 Å². The first-order chi connectivity index (χ1) is 9.69. The molecular formula is C15H26N4O. The van der Waals surface area contributed by atoms with Crippen LogP contribution in [0.5, 0.6) is 0 Å². The minimum atomic E-state index is 0.164. The lowest BCUT2D eigenvalue weighted by Crippen LogP contribution is -2.36. The van der Waals surface area contributed by atoms with Crippen LogP contribution in [0, 0.1) is 0 Å². The highest BCUT2D eigenvalue weighted by Gasteiger charge is 2.31. The van der Waals surface area contributed by atoms with Crippen molar-refractivity contribution < 1.29 is 5.11 Å². The maximum Gasteiger partial charge on any atom is 0.0644 e. The van der Waals surface area contributed by atoms with Gasteiger partial charge in [-0.3, -0.25) is 4.68 Å². The Morgan fingerprint density at radius 1 is 1.50 bits per heavy atom. The van der Waals surface area contributed by atoms with Crippen LogP contribution in [-0.2, 0) is 13.0 Å². The molecule has 1 aromatic rings. The largest absolute Gasteiger partial charge is 0.394 e. The van der Waals surface area contributed by atoms with Crippen molar-refractivity contribution in [2.24, 2.45) is 0 Å². The van der Waals surface area contributed by atoms with Crippen LogP contribution in [0.4, 0.5) is 0 Å². The zero-order chi connectivity index (χ0) is 14.1. The van der Waals surface area contributed by atoms with Crippen molar-refractivity contribution in [1.29, 1.82) is 0 Å². The van der Waals surface area contributed by atoms with Gasteiger partial charge >= 0.3 is 0 Å². The molecule has 0 aromatic carbocycles. The minimum absolute atomic E-state index is 0.164. The first-order valence-corrected chi connectivity index (χ1v) is 7.80. The van der Waals surface area contributed by atoms with E-state index < -0.39 is 0 Å². The van der Waals surface area contributed by atoms with Gasteiger partial charge in [-0.2, -0.15) is 5.10 Å². The molecule has 1 aliphatic heterocycles. The smallest absolute Gasteiger partial charge is 0.0644 e. The van der Waals surface area contributed by atoms with Crippen molar-refractivity contribution in [3.8, 4) is 0 Å². The van der Waals surface area contributed by atoms with Gasteiger partial charge in [0.2, 0.25) is 0 Å². The first-order valence-electron chi connectivity index (χ1n) is 7.80. The van der Waals surface area contributed by atoms with Crippen LogP contribution in [0.2, 0.25) is 0 Å². The van der Waals surface area contributed by atoms with Crippen LogP contribution in [-0.4, -0.2) is 52.1 Å². The maximum absolute atomic E-state index is 9.11. The Hall–Kier alpha value is -0.910. The molecule has 2 heterocycles. The lowest BCUT2D eigenvalue weighted by molar-refractivity contribution is 0.266. The molecule has 1 aromatic heterocycles. The van der Waals surface area contributed by atoms with Gasteiger partial charge in [0.25, 0.3) is 0 Å². The van der Waals surface area contributed by atoms with E-state index in [1.54, 1.807) is 0 Å². The molecule has 2 aliphatic rings. The van der Waals surface area contributed by atoms with Gasteiger partial charge in [0.15, 0.2) is 0 Å². The van der Waals surface area contributed by atoms with Gasteiger partial charge in [-0.25, -0.2) is 0 Å². The number of likely N-dealkylation sites (N-methyl/N-ethyl adjacent to an activating group) is 1. The number of rotatable bonds is 4. The fourth-order valence-corrected chi connectivity index (χ4v) is 3.68. The minimum Gasteiger partial charge on any atom is -0.394 e. The highest BCUT2D eigenvalue weighted by molar-refractivity contribution is 5.25. The van der Waals surface area contributed by atoms with Crippen molar-refractivity contribution in [2.45, 2.75) is 57.3 Å². The maximum atomic E-state index is 9.11. The molecule has 5 nitrogen and oxygen atoms in total. The normalized spacial score (nSPS) is 30.6. The van der Waals surface area contributed by atoms with E-state index in [1.165, 1.54) is 30.5 Å². The Morgan fingerprint density at radius 3 is 3.05 bits per heavy atom.